The number of hydrogen-bond donors (Lipinski definition) is 1. The van der Waals surface area contributed by atoms with Crippen LogP contribution in [-0.2, 0) is 25.0 Å². The number of sulfonamides is 1. The number of rotatable bonds is 9. The van der Waals surface area contributed by atoms with Gasteiger partial charge in [-0.2, -0.15) is 21.3 Å². The van der Waals surface area contributed by atoms with E-state index in [-0.39, 0.29) is 30.5 Å². The first-order valence-electron chi connectivity index (χ1n) is 11.3. The first kappa shape index (κ1) is 25.9. The summed E-state index contributed by atoms with van der Waals surface area (Å²) < 4.78 is 59.7. The second-order valence-corrected chi connectivity index (χ2v) is 12.6. The summed E-state index contributed by atoms with van der Waals surface area (Å²) in [6.07, 6.45) is 4.10. The molecule has 1 N–H and O–H groups in total. The summed E-state index contributed by atoms with van der Waals surface area (Å²) in [5, 5.41) is 2.80. The van der Waals surface area contributed by atoms with Crippen molar-refractivity contribution in [3.05, 3.63) is 24.3 Å². The third kappa shape index (κ3) is 6.44. The molecule has 1 aromatic carbocycles. The SMILES string of the molecule is CN(C)S(=O)(=O)N1CCCC(C(=O)NCCOc2ccc(S(=O)(=O)N3CCCCC3)cc2)C1. The van der Waals surface area contributed by atoms with Gasteiger partial charge in [0.1, 0.15) is 12.4 Å². The van der Waals surface area contributed by atoms with Gasteiger partial charge in [-0.05, 0) is 49.9 Å². The maximum Gasteiger partial charge on any atom is 0.281 e. The normalized spacial score (nSPS) is 21.1. The van der Waals surface area contributed by atoms with Crippen LogP contribution >= 0.6 is 0 Å². The van der Waals surface area contributed by atoms with E-state index in [0.29, 0.717) is 38.2 Å². The molecule has 12 heteroatoms. The van der Waals surface area contributed by atoms with Crippen molar-refractivity contribution in [1.29, 1.82) is 0 Å². The third-order valence-electron chi connectivity index (χ3n) is 5.99. The molecule has 10 nitrogen and oxygen atoms in total. The second-order valence-electron chi connectivity index (χ2n) is 8.56. The molecule has 2 heterocycles. The maximum atomic E-state index is 12.7. The maximum absolute atomic E-state index is 12.7. The molecule has 0 radical (unpaired) electrons. The van der Waals surface area contributed by atoms with Crippen molar-refractivity contribution in [3.63, 3.8) is 0 Å². The highest BCUT2D eigenvalue weighted by atomic mass is 32.2. The van der Waals surface area contributed by atoms with Gasteiger partial charge in [0, 0.05) is 40.3 Å². The molecule has 0 bridgehead atoms. The quantitative estimate of drug-likeness (QED) is 0.501. The largest absolute Gasteiger partial charge is 0.492 e. The van der Waals surface area contributed by atoms with E-state index in [1.807, 2.05) is 0 Å². The molecule has 3 rings (SSSR count). The number of carbonyl (C=O) groups excluding carboxylic acids is 1. The smallest absolute Gasteiger partial charge is 0.281 e. The monoisotopic (exact) mass is 502 g/mol. The van der Waals surface area contributed by atoms with E-state index in [0.717, 1.165) is 23.6 Å². The predicted molar refractivity (Wildman–Crippen MR) is 124 cm³/mol. The molecular formula is C21H34N4O6S2. The number of benzene rings is 1. The van der Waals surface area contributed by atoms with Gasteiger partial charge in [0.25, 0.3) is 10.2 Å². The highest BCUT2D eigenvalue weighted by molar-refractivity contribution is 7.89. The van der Waals surface area contributed by atoms with Gasteiger partial charge >= 0.3 is 0 Å². The Morgan fingerprint density at radius 2 is 1.64 bits per heavy atom. The molecule has 0 spiro atoms. The minimum absolute atomic E-state index is 0.167. The van der Waals surface area contributed by atoms with Crippen molar-refractivity contribution in [2.45, 2.75) is 37.0 Å². The Kier molecular flexibility index (Phi) is 8.73. The lowest BCUT2D eigenvalue weighted by Gasteiger charge is -2.32. The Morgan fingerprint density at radius 3 is 2.27 bits per heavy atom. The molecule has 1 amide bonds. The van der Waals surface area contributed by atoms with Crippen molar-refractivity contribution in [2.75, 3.05) is 53.4 Å². The molecule has 186 valence electrons. The van der Waals surface area contributed by atoms with Gasteiger partial charge in [0.2, 0.25) is 15.9 Å². The van der Waals surface area contributed by atoms with Crippen molar-refractivity contribution in [2.24, 2.45) is 5.92 Å². The van der Waals surface area contributed by atoms with Gasteiger partial charge in [0.05, 0.1) is 17.4 Å². The Balaban J connectivity index is 1.44. The summed E-state index contributed by atoms with van der Waals surface area (Å²) >= 11 is 0. The number of carbonyl (C=O) groups is 1. The summed E-state index contributed by atoms with van der Waals surface area (Å²) in [4.78, 5) is 12.7. The van der Waals surface area contributed by atoms with Gasteiger partial charge in [0.15, 0.2) is 0 Å². The first-order valence-corrected chi connectivity index (χ1v) is 14.1. The molecule has 1 atom stereocenters. The van der Waals surface area contributed by atoms with Crippen LogP contribution in [0.3, 0.4) is 0 Å². The summed E-state index contributed by atoms with van der Waals surface area (Å²) in [5.41, 5.74) is 0. The molecule has 0 saturated carbocycles. The van der Waals surface area contributed by atoms with Crippen LogP contribution < -0.4 is 10.1 Å². The fraction of sp³-hybridized carbons (Fsp3) is 0.667. The molecule has 2 aliphatic heterocycles. The fourth-order valence-electron chi connectivity index (χ4n) is 4.05. The molecule has 1 unspecified atom stereocenters. The topological polar surface area (TPSA) is 116 Å². The molecule has 2 saturated heterocycles. The van der Waals surface area contributed by atoms with Crippen LogP contribution in [0.2, 0.25) is 0 Å². The zero-order valence-electron chi connectivity index (χ0n) is 19.3. The van der Waals surface area contributed by atoms with E-state index in [2.05, 4.69) is 5.32 Å². The van der Waals surface area contributed by atoms with E-state index in [9.17, 15) is 21.6 Å². The van der Waals surface area contributed by atoms with E-state index < -0.39 is 26.2 Å². The molecule has 1 aromatic rings. The van der Waals surface area contributed by atoms with Crippen LogP contribution in [0.4, 0.5) is 0 Å². The van der Waals surface area contributed by atoms with Gasteiger partial charge in [-0.15, -0.1) is 0 Å². The van der Waals surface area contributed by atoms with Gasteiger partial charge in [-0.1, -0.05) is 6.42 Å². The highest BCUT2D eigenvalue weighted by Crippen LogP contribution is 2.23. The number of nitrogens with one attached hydrogen (secondary N) is 1. The van der Waals surface area contributed by atoms with E-state index >= 15 is 0 Å². The van der Waals surface area contributed by atoms with Gasteiger partial charge < -0.3 is 10.1 Å². The predicted octanol–water partition coefficient (Wildman–Crippen LogP) is 0.875. The summed E-state index contributed by atoms with van der Waals surface area (Å²) in [6, 6.07) is 6.31. The molecular weight excluding hydrogens is 468 g/mol. The van der Waals surface area contributed by atoms with E-state index in [1.165, 1.54) is 22.7 Å². The van der Waals surface area contributed by atoms with Crippen LogP contribution in [0.25, 0.3) is 0 Å². The Hall–Kier alpha value is -1.73. The molecule has 2 fully saturated rings. The second kappa shape index (κ2) is 11.1. The number of nitrogens with zero attached hydrogens (tertiary/aromatic N) is 3. The molecule has 0 aliphatic carbocycles. The fourth-order valence-corrected chi connectivity index (χ4v) is 6.75. The molecule has 0 aromatic heterocycles. The van der Waals surface area contributed by atoms with Crippen molar-refractivity contribution >= 4 is 26.1 Å². The van der Waals surface area contributed by atoms with E-state index in [4.69, 9.17) is 4.74 Å². The first-order chi connectivity index (χ1) is 15.6. The number of ether oxygens (including phenoxy) is 1. The van der Waals surface area contributed by atoms with Crippen LogP contribution in [0.15, 0.2) is 29.2 Å². The number of hydrogen-bond acceptors (Lipinski definition) is 6. The lowest BCUT2D eigenvalue weighted by atomic mass is 9.99. The van der Waals surface area contributed by atoms with Crippen molar-refractivity contribution in [3.8, 4) is 5.75 Å². The Morgan fingerprint density at radius 1 is 1.00 bits per heavy atom. The van der Waals surface area contributed by atoms with Crippen LogP contribution in [-0.4, -0.2) is 89.1 Å². The van der Waals surface area contributed by atoms with E-state index in [1.54, 1.807) is 24.3 Å². The summed E-state index contributed by atoms with van der Waals surface area (Å²) in [6.45, 7) is 2.18. The Labute approximate surface area is 197 Å². The standard InChI is InChI=1S/C21H34N4O6S2/c1-23(2)33(29,30)25-15-6-7-18(17-25)21(26)22-12-16-31-19-8-10-20(11-9-19)32(27,28)24-13-4-3-5-14-24/h8-11,18H,3-7,12-17H2,1-2H3,(H,22,26). The van der Waals surface area contributed by atoms with Gasteiger partial charge in [-0.3, -0.25) is 4.79 Å². The van der Waals surface area contributed by atoms with Crippen molar-refractivity contribution in [1.82, 2.24) is 18.2 Å². The van der Waals surface area contributed by atoms with Crippen LogP contribution in [0.5, 0.6) is 5.75 Å². The third-order valence-corrected chi connectivity index (χ3v) is 9.81. The van der Waals surface area contributed by atoms with Gasteiger partial charge in [-0.25, -0.2) is 8.42 Å². The zero-order chi connectivity index (χ0) is 24.1. The number of piperidine rings is 2. The molecule has 2 aliphatic rings. The lowest BCUT2D eigenvalue weighted by molar-refractivity contribution is -0.126. The highest BCUT2D eigenvalue weighted by Gasteiger charge is 2.33. The Bertz CT molecular complexity index is 1010. The zero-order valence-corrected chi connectivity index (χ0v) is 20.9. The average molecular weight is 503 g/mol. The lowest BCUT2D eigenvalue weighted by Crippen LogP contribution is -2.49. The minimum Gasteiger partial charge on any atom is -0.492 e. The minimum atomic E-state index is -3.53. The van der Waals surface area contributed by atoms with Crippen LogP contribution in [0.1, 0.15) is 32.1 Å². The molecule has 33 heavy (non-hydrogen) atoms. The summed E-state index contributed by atoms with van der Waals surface area (Å²) in [7, 11) is -4.05. The summed E-state index contributed by atoms with van der Waals surface area (Å²) in [5.74, 6) is -0.0734. The average Bonchev–Trinajstić information content (AvgIpc) is 2.82. The van der Waals surface area contributed by atoms with Crippen molar-refractivity contribution < 1.29 is 26.4 Å². The number of amides is 1. The van der Waals surface area contributed by atoms with Crippen LogP contribution in [0, 0.1) is 5.92 Å².